The third-order valence-corrected chi connectivity index (χ3v) is 2.84. The number of nitrogens with one attached hydrogen (secondary N) is 1. The number of halogens is 1. The molecule has 2 aromatic rings. The Kier molecular flexibility index (Phi) is 3.81. The summed E-state index contributed by atoms with van der Waals surface area (Å²) in [5.41, 5.74) is 1.66. The zero-order chi connectivity index (χ0) is 13.0. The largest absolute Gasteiger partial charge is 0.364 e. The van der Waals surface area contributed by atoms with Gasteiger partial charge >= 0.3 is 0 Å². The number of benzene rings is 1. The van der Waals surface area contributed by atoms with Gasteiger partial charge in [-0.15, -0.1) is 0 Å². The average Bonchev–Trinajstić information content (AvgIpc) is 2.39. The van der Waals surface area contributed by atoms with E-state index < -0.39 is 0 Å². The van der Waals surface area contributed by atoms with Gasteiger partial charge in [-0.1, -0.05) is 23.7 Å². The summed E-state index contributed by atoms with van der Waals surface area (Å²) >= 11 is 5.95. The summed E-state index contributed by atoms with van der Waals surface area (Å²) in [5.74, 6) is 0.682. The van der Waals surface area contributed by atoms with Gasteiger partial charge in [-0.05, 0) is 36.8 Å². The zero-order valence-corrected chi connectivity index (χ0v) is 10.6. The first-order valence-corrected chi connectivity index (χ1v) is 5.95. The SMILES string of the molecule is CC(Nc1cc(C#N)ccn1)c1cccc(Cl)c1. The minimum atomic E-state index is 0.0742. The van der Waals surface area contributed by atoms with Crippen molar-refractivity contribution in [3.05, 3.63) is 58.7 Å². The normalized spacial score (nSPS) is 11.6. The van der Waals surface area contributed by atoms with Crippen molar-refractivity contribution < 1.29 is 0 Å². The molecule has 0 spiro atoms. The fourth-order valence-electron chi connectivity index (χ4n) is 1.66. The van der Waals surface area contributed by atoms with Crippen molar-refractivity contribution in [3.8, 4) is 6.07 Å². The topological polar surface area (TPSA) is 48.7 Å². The number of hydrogen-bond donors (Lipinski definition) is 1. The van der Waals surface area contributed by atoms with Crippen LogP contribution in [0.2, 0.25) is 5.02 Å². The molecule has 1 aromatic heterocycles. The summed E-state index contributed by atoms with van der Waals surface area (Å²) in [7, 11) is 0. The van der Waals surface area contributed by atoms with Crippen LogP contribution < -0.4 is 5.32 Å². The summed E-state index contributed by atoms with van der Waals surface area (Å²) in [6.07, 6.45) is 1.62. The zero-order valence-electron chi connectivity index (χ0n) is 9.89. The van der Waals surface area contributed by atoms with Crippen molar-refractivity contribution in [1.29, 1.82) is 5.26 Å². The molecule has 0 radical (unpaired) electrons. The van der Waals surface area contributed by atoms with Gasteiger partial charge < -0.3 is 5.32 Å². The minimum absolute atomic E-state index is 0.0742. The summed E-state index contributed by atoms with van der Waals surface area (Å²) in [6.45, 7) is 2.02. The molecule has 0 bridgehead atoms. The van der Waals surface area contributed by atoms with Crippen LogP contribution in [0.5, 0.6) is 0 Å². The van der Waals surface area contributed by atoms with E-state index in [0.29, 0.717) is 16.4 Å². The third-order valence-electron chi connectivity index (χ3n) is 2.60. The number of hydrogen-bond acceptors (Lipinski definition) is 3. The highest BCUT2D eigenvalue weighted by molar-refractivity contribution is 6.30. The van der Waals surface area contributed by atoms with E-state index in [1.807, 2.05) is 31.2 Å². The standard InChI is InChI=1S/C14H12ClN3/c1-10(12-3-2-4-13(15)8-12)18-14-7-11(9-16)5-6-17-14/h2-8,10H,1H3,(H,17,18). The maximum absolute atomic E-state index is 8.83. The van der Waals surface area contributed by atoms with Crippen LogP contribution in [0, 0.1) is 11.3 Å². The van der Waals surface area contributed by atoms with Gasteiger partial charge in [0, 0.05) is 17.3 Å². The predicted octanol–water partition coefficient (Wildman–Crippen LogP) is 3.78. The molecule has 1 heterocycles. The molecule has 1 aromatic carbocycles. The van der Waals surface area contributed by atoms with Gasteiger partial charge in [-0.2, -0.15) is 5.26 Å². The molecule has 2 rings (SSSR count). The number of anilines is 1. The maximum atomic E-state index is 8.83. The van der Waals surface area contributed by atoms with Gasteiger partial charge in [0.1, 0.15) is 5.82 Å². The number of rotatable bonds is 3. The predicted molar refractivity (Wildman–Crippen MR) is 72.4 cm³/mol. The lowest BCUT2D eigenvalue weighted by Crippen LogP contribution is -2.07. The van der Waals surface area contributed by atoms with Crippen LogP contribution in [0.15, 0.2) is 42.6 Å². The van der Waals surface area contributed by atoms with Crippen LogP contribution in [-0.2, 0) is 0 Å². The molecule has 4 heteroatoms. The van der Waals surface area contributed by atoms with Crippen LogP contribution in [-0.4, -0.2) is 4.98 Å². The molecule has 0 aliphatic rings. The summed E-state index contributed by atoms with van der Waals surface area (Å²) in [4.78, 5) is 4.18. The first-order chi connectivity index (χ1) is 8.69. The third kappa shape index (κ3) is 2.99. The van der Waals surface area contributed by atoms with E-state index >= 15 is 0 Å². The highest BCUT2D eigenvalue weighted by Crippen LogP contribution is 2.21. The monoisotopic (exact) mass is 257 g/mol. The second-order valence-corrected chi connectivity index (χ2v) is 4.40. The van der Waals surface area contributed by atoms with Gasteiger partial charge in [0.2, 0.25) is 0 Å². The molecular formula is C14H12ClN3. The average molecular weight is 258 g/mol. The maximum Gasteiger partial charge on any atom is 0.127 e. The Bertz CT molecular complexity index is 590. The highest BCUT2D eigenvalue weighted by Gasteiger charge is 2.06. The van der Waals surface area contributed by atoms with Crippen LogP contribution in [0.3, 0.4) is 0 Å². The van der Waals surface area contributed by atoms with Crippen LogP contribution in [0.25, 0.3) is 0 Å². The highest BCUT2D eigenvalue weighted by atomic mass is 35.5. The molecule has 0 aliphatic carbocycles. The molecule has 1 atom stereocenters. The van der Waals surface area contributed by atoms with Gasteiger partial charge in [-0.25, -0.2) is 4.98 Å². The van der Waals surface area contributed by atoms with Gasteiger partial charge in [0.05, 0.1) is 11.6 Å². The van der Waals surface area contributed by atoms with Crippen molar-refractivity contribution in [2.75, 3.05) is 5.32 Å². The van der Waals surface area contributed by atoms with Gasteiger partial charge in [0.25, 0.3) is 0 Å². The van der Waals surface area contributed by atoms with Gasteiger partial charge in [-0.3, -0.25) is 0 Å². The van der Waals surface area contributed by atoms with Crippen molar-refractivity contribution in [2.45, 2.75) is 13.0 Å². The fourth-order valence-corrected chi connectivity index (χ4v) is 1.86. The summed E-state index contributed by atoms with van der Waals surface area (Å²) in [6, 6.07) is 13.2. The molecule has 0 fully saturated rings. The molecule has 0 aliphatic heterocycles. The van der Waals surface area contributed by atoms with E-state index in [1.165, 1.54) is 0 Å². The van der Waals surface area contributed by atoms with Gasteiger partial charge in [0.15, 0.2) is 0 Å². The van der Waals surface area contributed by atoms with Crippen molar-refractivity contribution in [2.24, 2.45) is 0 Å². The lowest BCUT2D eigenvalue weighted by molar-refractivity contribution is 0.874. The minimum Gasteiger partial charge on any atom is -0.364 e. The Balaban J connectivity index is 2.16. The van der Waals surface area contributed by atoms with E-state index in [1.54, 1.807) is 18.3 Å². The van der Waals surface area contributed by atoms with Crippen molar-refractivity contribution >= 4 is 17.4 Å². The Morgan fingerprint density at radius 2 is 2.17 bits per heavy atom. The van der Waals surface area contributed by atoms with Crippen LogP contribution in [0.4, 0.5) is 5.82 Å². The van der Waals surface area contributed by atoms with Crippen molar-refractivity contribution in [3.63, 3.8) is 0 Å². The first kappa shape index (κ1) is 12.4. The number of aromatic nitrogens is 1. The first-order valence-electron chi connectivity index (χ1n) is 5.57. The van der Waals surface area contributed by atoms with E-state index in [-0.39, 0.29) is 6.04 Å². The van der Waals surface area contributed by atoms with E-state index in [2.05, 4.69) is 16.4 Å². The number of pyridine rings is 1. The lowest BCUT2D eigenvalue weighted by Gasteiger charge is -2.15. The van der Waals surface area contributed by atoms with E-state index in [4.69, 9.17) is 16.9 Å². The number of nitriles is 1. The van der Waals surface area contributed by atoms with Crippen LogP contribution in [0.1, 0.15) is 24.1 Å². The van der Waals surface area contributed by atoms with Crippen molar-refractivity contribution in [1.82, 2.24) is 4.98 Å². The molecule has 1 N–H and O–H groups in total. The lowest BCUT2D eigenvalue weighted by atomic mass is 10.1. The molecule has 1 unspecified atom stereocenters. The number of nitrogens with zero attached hydrogens (tertiary/aromatic N) is 2. The second kappa shape index (κ2) is 5.52. The molecule has 18 heavy (non-hydrogen) atoms. The molecule has 0 saturated carbocycles. The van der Waals surface area contributed by atoms with E-state index in [0.717, 1.165) is 5.56 Å². The smallest absolute Gasteiger partial charge is 0.127 e. The Morgan fingerprint density at radius 1 is 1.33 bits per heavy atom. The fraction of sp³-hybridized carbons (Fsp3) is 0.143. The Hall–Kier alpha value is -2.05. The molecule has 0 saturated heterocycles. The quantitative estimate of drug-likeness (QED) is 0.910. The molecular weight excluding hydrogens is 246 g/mol. The molecule has 0 amide bonds. The van der Waals surface area contributed by atoms with Crippen LogP contribution >= 0.6 is 11.6 Å². The second-order valence-electron chi connectivity index (χ2n) is 3.96. The summed E-state index contributed by atoms with van der Waals surface area (Å²) in [5, 5.41) is 12.8. The Labute approximate surface area is 111 Å². The van der Waals surface area contributed by atoms with E-state index in [9.17, 15) is 0 Å². The Morgan fingerprint density at radius 3 is 2.89 bits per heavy atom. The molecule has 3 nitrogen and oxygen atoms in total. The molecule has 90 valence electrons. The summed E-state index contributed by atoms with van der Waals surface area (Å²) < 4.78 is 0.